The van der Waals surface area contributed by atoms with Crippen molar-refractivity contribution in [2.45, 2.75) is 50.6 Å². The van der Waals surface area contributed by atoms with E-state index >= 15 is 0 Å². The first-order valence-corrected chi connectivity index (χ1v) is 18.7. The molecule has 0 bridgehead atoms. The van der Waals surface area contributed by atoms with Crippen LogP contribution in [0.1, 0.15) is 59.8 Å². The van der Waals surface area contributed by atoms with Gasteiger partial charge in [-0.15, -0.1) is 10.2 Å². The molecule has 0 unspecified atom stereocenters. The van der Waals surface area contributed by atoms with Crippen LogP contribution in [0.5, 0.6) is 11.6 Å². The molecule has 2 fully saturated rings. The molecule has 10 nitrogen and oxygen atoms in total. The minimum Gasteiger partial charge on any atom is -0.438 e. The van der Waals surface area contributed by atoms with Crippen LogP contribution in [0.15, 0.2) is 84.9 Å². The molecule has 0 radical (unpaired) electrons. The summed E-state index contributed by atoms with van der Waals surface area (Å²) in [6.07, 6.45) is -3.12. The van der Waals surface area contributed by atoms with Gasteiger partial charge in [0.2, 0.25) is 15.9 Å². The lowest BCUT2D eigenvalue weighted by atomic mass is 9.89. The van der Waals surface area contributed by atoms with Gasteiger partial charge in [-0.05, 0) is 80.1 Å². The number of rotatable bonds is 10. The van der Waals surface area contributed by atoms with Gasteiger partial charge in [0.25, 0.3) is 5.91 Å². The zero-order chi connectivity index (χ0) is 36.2. The van der Waals surface area contributed by atoms with Crippen LogP contribution in [-0.2, 0) is 22.0 Å². The van der Waals surface area contributed by atoms with E-state index in [-0.39, 0.29) is 23.5 Å². The van der Waals surface area contributed by atoms with Crippen LogP contribution in [0.25, 0.3) is 0 Å². The summed E-state index contributed by atoms with van der Waals surface area (Å²) >= 11 is 0. The Morgan fingerprint density at radius 3 is 2.18 bits per heavy atom. The van der Waals surface area contributed by atoms with Crippen LogP contribution >= 0.6 is 0 Å². The van der Waals surface area contributed by atoms with Gasteiger partial charge in [0, 0.05) is 56.9 Å². The molecule has 1 N–H and O–H groups in total. The summed E-state index contributed by atoms with van der Waals surface area (Å²) in [7, 11) is -3.77. The van der Waals surface area contributed by atoms with Gasteiger partial charge in [-0.3, -0.25) is 14.4 Å². The molecular formula is C37H41F3N6O4S. The third kappa shape index (κ3) is 9.16. The number of sulfonamides is 1. The van der Waals surface area contributed by atoms with Crippen molar-refractivity contribution in [3.05, 3.63) is 107 Å². The van der Waals surface area contributed by atoms with Crippen molar-refractivity contribution >= 4 is 27.3 Å². The van der Waals surface area contributed by atoms with E-state index in [2.05, 4.69) is 38.6 Å². The van der Waals surface area contributed by atoms with E-state index in [1.54, 1.807) is 53.4 Å². The molecule has 2 aliphatic rings. The zero-order valence-electron chi connectivity index (χ0n) is 28.5. The summed E-state index contributed by atoms with van der Waals surface area (Å²) in [5.74, 6) is 0.226. The molecule has 3 heterocycles. The second-order valence-corrected chi connectivity index (χ2v) is 14.9. The second kappa shape index (κ2) is 15.3. The Balaban J connectivity index is 1.11. The summed E-state index contributed by atoms with van der Waals surface area (Å²) in [5.41, 5.74) is 2.21. The van der Waals surface area contributed by atoms with Gasteiger partial charge in [-0.25, -0.2) is 8.42 Å². The summed E-state index contributed by atoms with van der Waals surface area (Å²) < 4.78 is 73.4. The number of carbonyl (C=O) groups is 1. The van der Waals surface area contributed by atoms with E-state index in [4.69, 9.17) is 4.74 Å². The van der Waals surface area contributed by atoms with E-state index in [1.165, 1.54) is 0 Å². The SMILES string of the molecule is CC(C)N1CCN(c2ccc(C(=O)N3CCC(c4ccc(Oc5ccc(C(F)(F)F)nn5)cc4)CC3)cc2NS(=O)(=O)Cc2ccccc2)CC1. The van der Waals surface area contributed by atoms with Crippen LogP contribution in [0.3, 0.4) is 0 Å². The Labute approximate surface area is 296 Å². The molecule has 2 saturated heterocycles. The first-order chi connectivity index (χ1) is 24.3. The number of nitrogens with zero attached hydrogens (tertiary/aromatic N) is 5. The summed E-state index contributed by atoms with van der Waals surface area (Å²) in [6, 6.07) is 23.9. The first-order valence-electron chi connectivity index (χ1n) is 17.0. The molecule has 0 saturated carbocycles. The number of nitrogens with one attached hydrogen (secondary N) is 1. The Hall–Kier alpha value is -4.69. The van der Waals surface area contributed by atoms with Gasteiger partial charge in [-0.2, -0.15) is 13.2 Å². The number of piperazine rings is 1. The van der Waals surface area contributed by atoms with E-state index in [0.717, 1.165) is 62.4 Å². The van der Waals surface area contributed by atoms with Crippen molar-refractivity contribution in [1.29, 1.82) is 0 Å². The lowest BCUT2D eigenvalue weighted by Crippen LogP contribution is -2.49. The maximum absolute atomic E-state index is 13.8. The number of benzene rings is 3. The van der Waals surface area contributed by atoms with Crippen molar-refractivity contribution in [1.82, 2.24) is 20.0 Å². The number of aromatic nitrogens is 2. The Morgan fingerprint density at radius 2 is 1.57 bits per heavy atom. The van der Waals surface area contributed by atoms with Crippen LogP contribution in [0.4, 0.5) is 24.5 Å². The van der Waals surface area contributed by atoms with Crippen molar-refractivity contribution in [3.63, 3.8) is 0 Å². The summed E-state index contributed by atoms with van der Waals surface area (Å²) in [4.78, 5) is 20.2. The molecule has 1 aromatic heterocycles. The fourth-order valence-electron chi connectivity index (χ4n) is 6.56. The number of hydrogen-bond donors (Lipinski definition) is 1. The highest BCUT2D eigenvalue weighted by Crippen LogP contribution is 2.34. The molecule has 1 amide bonds. The number of piperidine rings is 1. The number of hydrogen-bond acceptors (Lipinski definition) is 8. The average molecular weight is 723 g/mol. The first kappa shape index (κ1) is 36.1. The number of carbonyl (C=O) groups excluding carboxylic acids is 1. The Bertz CT molecular complexity index is 1890. The standard InChI is InChI=1S/C37H41F3N6O4S/c1-26(2)44-20-22-45(23-21-44)33-13-10-30(24-32(33)43-51(48,49)25-27-6-4-3-5-7-27)36(47)46-18-16-29(17-19-46)28-8-11-31(12-9-28)50-35-15-14-34(41-42-35)37(38,39)40/h3-15,24,26,29,43H,16-23,25H2,1-2H3. The highest BCUT2D eigenvalue weighted by atomic mass is 32.2. The number of anilines is 2. The number of amides is 1. The van der Waals surface area contributed by atoms with Crippen LogP contribution in [-0.4, -0.2) is 79.6 Å². The molecule has 0 spiro atoms. The second-order valence-electron chi connectivity index (χ2n) is 13.2. The van der Waals surface area contributed by atoms with Gasteiger partial charge in [0.15, 0.2) is 5.69 Å². The summed E-state index contributed by atoms with van der Waals surface area (Å²) in [6.45, 7) is 8.57. The smallest absolute Gasteiger partial charge is 0.435 e. The fraction of sp³-hybridized carbons (Fsp3) is 0.378. The van der Waals surface area contributed by atoms with Crippen molar-refractivity contribution in [2.75, 3.05) is 48.9 Å². The lowest BCUT2D eigenvalue weighted by molar-refractivity contribution is -0.141. The summed E-state index contributed by atoms with van der Waals surface area (Å²) in [5, 5.41) is 6.69. The van der Waals surface area contributed by atoms with Crippen LogP contribution in [0, 0.1) is 0 Å². The third-order valence-corrected chi connectivity index (χ3v) is 10.6. The number of ether oxygens (including phenoxy) is 1. The van der Waals surface area contributed by atoms with E-state index in [0.29, 0.717) is 41.7 Å². The van der Waals surface area contributed by atoms with Gasteiger partial charge >= 0.3 is 6.18 Å². The van der Waals surface area contributed by atoms with Crippen molar-refractivity contribution in [3.8, 4) is 11.6 Å². The van der Waals surface area contributed by atoms with Gasteiger partial charge in [0.05, 0.1) is 17.1 Å². The maximum atomic E-state index is 13.8. The predicted octanol–water partition coefficient (Wildman–Crippen LogP) is 6.78. The minimum atomic E-state index is -4.58. The molecule has 14 heteroatoms. The lowest BCUT2D eigenvalue weighted by Gasteiger charge is -2.39. The fourth-order valence-corrected chi connectivity index (χ4v) is 7.76. The van der Waals surface area contributed by atoms with Crippen LogP contribution < -0.4 is 14.4 Å². The highest BCUT2D eigenvalue weighted by Gasteiger charge is 2.33. The van der Waals surface area contributed by atoms with Gasteiger partial charge < -0.3 is 14.5 Å². The highest BCUT2D eigenvalue weighted by molar-refractivity contribution is 7.91. The molecule has 51 heavy (non-hydrogen) atoms. The maximum Gasteiger partial charge on any atom is 0.435 e. The largest absolute Gasteiger partial charge is 0.438 e. The van der Waals surface area contributed by atoms with Gasteiger partial charge in [0.1, 0.15) is 5.75 Å². The monoisotopic (exact) mass is 722 g/mol. The molecule has 6 rings (SSSR count). The Kier molecular flexibility index (Phi) is 10.8. The molecule has 270 valence electrons. The average Bonchev–Trinajstić information content (AvgIpc) is 3.12. The van der Waals surface area contributed by atoms with Crippen molar-refractivity contribution in [2.24, 2.45) is 0 Å². The van der Waals surface area contributed by atoms with Crippen molar-refractivity contribution < 1.29 is 31.1 Å². The van der Waals surface area contributed by atoms with E-state index < -0.39 is 21.9 Å². The molecule has 4 aromatic rings. The van der Waals surface area contributed by atoms with E-state index in [1.807, 2.05) is 24.3 Å². The Morgan fingerprint density at radius 1 is 0.882 bits per heavy atom. The van der Waals surface area contributed by atoms with E-state index in [9.17, 15) is 26.4 Å². The quantitative estimate of drug-likeness (QED) is 0.191. The third-order valence-electron chi connectivity index (χ3n) is 9.38. The number of alkyl halides is 3. The predicted molar refractivity (Wildman–Crippen MR) is 189 cm³/mol. The number of likely N-dealkylation sites (tertiary alicyclic amines) is 1. The molecule has 2 aliphatic heterocycles. The molecule has 0 aliphatic carbocycles. The van der Waals surface area contributed by atoms with Gasteiger partial charge in [-0.1, -0.05) is 42.5 Å². The molecular weight excluding hydrogens is 682 g/mol. The topological polar surface area (TPSA) is 108 Å². The molecule has 3 aromatic carbocycles. The minimum absolute atomic E-state index is 0.0449. The molecule has 0 atom stereocenters. The van der Waals surface area contributed by atoms with Crippen LogP contribution in [0.2, 0.25) is 0 Å². The normalized spacial score (nSPS) is 16.4. The zero-order valence-corrected chi connectivity index (χ0v) is 29.3. The number of halogens is 3.